The van der Waals surface area contributed by atoms with Gasteiger partial charge in [-0.15, -0.1) is 10.2 Å². The van der Waals surface area contributed by atoms with Crippen molar-refractivity contribution in [1.82, 2.24) is 10.2 Å². The molecule has 0 saturated heterocycles. The Labute approximate surface area is 118 Å². The lowest BCUT2D eigenvalue weighted by Gasteiger charge is -2.07. The molecule has 0 aliphatic rings. The van der Waals surface area contributed by atoms with Gasteiger partial charge >= 0.3 is 0 Å². The maximum atomic E-state index is 12.0. The molecule has 0 radical (unpaired) electrons. The van der Waals surface area contributed by atoms with Crippen LogP contribution in [-0.4, -0.2) is 16.1 Å². The maximum absolute atomic E-state index is 12.0. The first-order chi connectivity index (χ1) is 8.58. The molecule has 2 aromatic rings. The van der Waals surface area contributed by atoms with Gasteiger partial charge in [-0.2, -0.15) is 0 Å². The molecule has 7 heteroatoms. The molecule has 0 atom stereocenters. The average molecular weight is 303 g/mol. The number of nitrogens with one attached hydrogen (secondary N) is 1. The van der Waals surface area contributed by atoms with E-state index in [1.807, 2.05) is 0 Å². The number of hydrogen-bond donors (Lipinski definition) is 1. The van der Waals surface area contributed by atoms with Gasteiger partial charge in [-0.05, 0) is 18.2 Å². The molecule has 2 rings (SSSR count). The number of halogens is 3. The first-order valence-electron chi connectivity index (χ1n) is 4.82. The van der Waals surface area contributed by atoms with Crippen LogP contribution < -0.4 is 5.32 Å². The fourth-order valence-corrected chi connectivity index (χ4v) is 1.77. The van der Waals surface area contributed by atoms with E-state index in [1.54, 1.807) is 24.3 Å². The van der Waals surface area contributed by atoms with Gasteiger partial charge < -0.3 is 5.32 Å². The highest BCUT2D eigenvalue weighted by molar-refractivity contribution is 6.36. The Morgan fingerprint density at radius 1 is 1.11 bits per heavy atom. The fraction of sp³-hybridized carbons (Fsp3) is 0. The highest BCUT2D eigenvalue weighted by Gasteiger charge is 2.14. The zero-order valence-corrected chi connectivity index (χ0v) is 11.1. The van der Waals surface area contributed by atoms with E-state index < -0.39 is 5.91 Å². The molecule has 4 nitrogen and oxygen atoms in total. The molecule has 0 aliphatic carbocycles. The standard InChI is InChI=1S/C11H6Cl3N3O/c12-7-3-1-2-4-8(7)15-11(18)6-5-9(13)16-17-10(6)14/h1-5H,(H,15,18). The normalized spacial score (nSPS) is 10.2. The Kier molecular flexibility index (Phi) is 4.01. The quantitative estimate of drug-likeness (QED) is 0.920. The number of amides is 1. The molecule has 0 saturated carbocycles. The first-order valence-corrected chi connectivity index (χ1v) is 5.96. The van der Waals surface area contributed by atoms with Gasteiger partial charge in [0.1, 0.15) is 0 Å². The van der Waals surface area contributed by atoms with Crippen LogP contribution in [0.4, 0.5) is 5.69 Å². The minimum Gasteiger partial charge on any atom is -0.321 e. The van der Waals surface area contributed by atoms with Crippen LogP contribution >= 0.6 is 34.8 Å². The van der Waals surface area contributed by atoms with Gasteiger partial charge in [0.2, 0.25) is 0 Å². The summed E-state index contributed by atoms with van der Waals surface area (Å²) >= 11 is 17.4. The van der Waals surface area contributed by atoms with Gasteiger partial charge in [0.05, 0.1) is 16.3 Å². The van der Waals surface area contributed by atoms with Crippen LogP contribution in [0.25, 0.3) is 0 Å². The lowest BCUT2D eigenvalue weighted by Crippen LogP contribution is -2.13. The Morgan fingerprint density at radius 2 is 1.83 bits per heavy atom. The topological polar surface area (TPSA) is 54.9 Å². The van der Waals surface area contributed by atoms with Crippen LogP contribution in [-0.2, 0) is 0 Å². The van der Waals surface area contributed by atoms with Gasteiger partial charge in [-0.25, -0.2) is 0 Å². The molecular formula is C11H6Cl3N3O. The summed E-state index contributed by atoms with van der Waals surface area (Å²) in [6.45, 7) is 0. The summed E-state index contributed by atoms with van der Waals surface area (Å²) in [6, 6.07) is 8.18. The SMILES string of the molecule is O=C(Nc1ccccc1Cl)c1cc(Cl)nnc1Cl. The van der Waals surface area contributed by atoms with Crippen LogP contribution in [0.15, 0.2) is 30.3 Å². The number of nitrogens with zero attached hydrogens (tertiary/aromatic N) is 2. The van der Waals surface area contributed by atoms with E-state index in [2.05, 4.69) is 15.5 Å². The van der Waals surface area contributed by atoms with E-state index >= 15 is 0 Å². The Hall–Kier alpha value is -1.36. The Morgan fingerprint density at radius 3 is 2.56 bits per heavy atom. The van der Waals surface area contributed by atoms with Crippen molar-refractivity contribution in [2.24, 2.45) is 0 Å². The van der Waals surface area contributed by atoms with E-state index in [0.29, 0.717) is 10.7 Å². The molecular weight excluding hydrogens is 296 g/mol. The highest BCUT2D eigenvalue weighted by atomic mass is 35.5. The zero-order chi connectivity index (χ0) is 13.1. The maximum Gasteiger partial charge on any atom is 0.259 e. The predicted molar refractivity (Wildman–Crippen MR) is 71.5 cm³/mol. The van der Waals surface area contributed by atoms with Crippen LogP contribution in [0.1, 0.15) is 10.4 Å². The number of hydrogen-bond acceptors (Lipinski definition) is 3. The van der Waals surface area contributed by atoms with E-state index in [-0.39, 0.29) is 15.9 Å². The molecule has 92 valence electrons. The van der Waals surface area contributed by atoms with Gasteiger partial charge in [0.25, 0.3) is 5.91 Å². The number of carbonyl (C=O) groups excluding carboxylic acids is 1. The third-order valence-electron chi connectivity index (χ3n) is 2.09. The van der Waals surface area contributed by atoms with Gasteiger partial charge in [-0.3, -0.25) is 4.79 Å². The smallest absolute Gasteiger partial charge is 0.259 e. The Bertz CT molecular complexity index is 604. The molecule has 0 bridgehead atoms. The molecule has 0 aliphatic heterocycles. The van der Waals surface area contributed by atoms with E-state index in [4.69, 9.17) is 34.8 Å². The summed E-state index contributed by atoms with van der Waals surface area (Å²) in [5, 5.41) is 10.2. The number of rotatable bonds is 2. The average Bonchev–Trinajstić information content (AvgIpc) is 2.35. The third-order valence-corrected chi connectivity index (χ3v) is 2.88. The number of benzene rings is 1. The van der Waals surface area contributed by atoms with Crippen molar-refractivity contribution in [2.45, 2.75) is 0 Å². The van der Waals surface area contributed by atoms with Gasteiger partial charge in [-0.1, -0.05) is 46.9 Å². The summed E-state index contributed by atoms with van der Waals surface area (Å²) in [5.74, 6) is -0.454. The monoisotopic (exact) mass is 301 g/mol. The summed E-state index contributed by atoms with van der Waals surface area (Å²) in [4.78, 5) is 12.0. The number of aromatic nitrogens is 2. The van der Waals surface area contributed by atoms with Crippen molar-refractivity contribution in [1.29, 1.82) is 0 Å². The summed E-state index contributed by atoms with van der Waals surface area (Å²) in [6.07, 6.45) is 0. The lowest BCUT2D eigenvalue weighted by molar-refractivity contribution is 0.102. The molecule has 18 heavy (non-hydrogen) atoms. The van der Waals surface area contributed by atoms with Crippen molar-refractivity contribution < 1.29 is 4.79 Å². The minimum absolute atomic E-state index is 0.0241. The number of carbonyl (C=O) groups is 1. The fourth-order valence-electron chi connectivity index (χ4n) is 1.26. The van der Waals surface area contributed by atoms with E-state index in [1.165, 1.54) is 6.07 Å². The summed E-state index contributed by atoms with van der Waals surface area (Å²) < 4.78 is 0. The second-order valence-electron chi connectivity index (χ2n) is 3.31. The first kappa shape index (κ1) is 13.1. The van der Waals surface area contributed by atoms with Crippen molar-refractivity contribution in [3.63, 3.8) is 0 Å². The van der Waals surface area contributed by atoms with Crippen molar-refractivity contribution >= 4 is 46.4 Å². The van der Waals surface area contributed by atoms with Crippen molar-refractivity contribution in [3.05, 3.63) is 51.2 Å². The largest absolute Gasteiger partial charge is 0.321 e. The second kappa shape index (κ2) is 5.52. The summed E-state index contributed by atoms with van der Waals surface area (Å²) in [5.41, 5.74) is 0.616. The van der Waals surface area contributed by atoms with Crippen LogP contribution in [0.3, 0.4) is 0 Å². The van der Waals surface area contributed by atoms with Crippen LogP contribution in [0, 0.1) is 0 Å². The van der Waals surface area contributed by atoms with Crippen molar-refractivity contribution in [2.75, 3.05) is 5.32 Å². The molecule has 1 heterocycles. The molecule has 1 amide bonds. The van der Waals surface area contributed by atoms with Crippen LogP contribution in [0.2, 0.25) is 15.3 Å². The van der Waals surface area contributed by atoms with Gasteiger partial charge in [0, 0.05) is 0 Å². The predicted octanol–water partition coefficient (Wildman–Crippen LogP) is 3.69. The molecule has 0 unspecified atom stereocenters. The minimum atomic E-state index is -0.454. The van der Waals surface area contributed by atoms with E-state index in [9.17, 15) is 4.79 Å². The second-order valence-corrected chi connectivity index (χ2v) is 4.46. The highest BCUT2D eigenvalue weighted by Crippen LogP contribution is 2.22. The zero-order valence-electron chi connectivity index (χ0n) is 8.82. The van der Waals surface area contributed by atoms with E-state index in [0.717, 1.165) is 0 Å². The number of para-hydroxylation sites is 1. The lowest BCUT2D eigenvalue weighted by atomic mass is 10.2. The van der Waals surface area contributed by atoms with Crippen molar-refractivity contribution in [3.8, 4) is 0 Å². The van der Waals surface area contributed by atoms with Gasteiger partial charge in [0.15, 0.2) is 10.3 Å². The van der Waals surface area contributed by atoms with Crippen LogP contribution in [0.5, 0.6) is 0 Å². The Balaban J connectivity index is 2.28. The molecule has 1 N–H and O–H groups in total. The molecule has 1 aromatic heterocycles. The summed E-state index contributed by atoms with van der Waals surface area (Å²) in [7, 11) is 0. The molecule has 1 aromatic carbocycles. The third kappa shape index (κ3) is 2.90. The molecule has 0 spiro atoms. The molecule has 0 fully saturated rings. The number of anilines is 1.